The maximum Gasteiger partial charge on any atom is 0.328 e. The van der Waals surface area contributed by atoms with Crippen LogP contribution in [0.2, 0.25) is 0 Å². The molecular formula is C8H10N2O4. The summed E-state index contributed by atoms with van der Waals surface area (Å²) in [6.45, 7) is 0.968. The highest BCUT2D eigenvalue weighted by Crippen LogP contribution is 2.23. The third-order valence-corrected chi connectivity index (χ3v) is 2.47. The molecule has 0 bridgehead atoms. The van der Waals surface area contributed by atoms with Crippen molar-refractivity contribution < 1.29 is 19.1 Å². The second kappa shape index (κ2) is 3.38. The van der Waals surface area contributed by atoms with Crippen molar-refractivity contribution >= 4 is 17.8 Å². The number of imide groups is 2. The summed E-state index contributed by atoms with van der Waals surface area (Å²) >= 11 is 0. The number of carbonyl (C=O) groups excluding carboxylic acids is 3. The summed E-state index contributed by atoms with van der Waals surface area (Å²) in [5.74, 6) is -1.93. The van der Waals surface area contributed by atoms with Gasteiger partial charge in [-0.15, -0.1) is 0 Å². The van der Waals surface area contributed by atoms with Crippen molar-refractivity contribution in [3.05, 3.63) is 0 Å². The molecule has 4 amide bonds. The molecule has 2 aliphatic rings. The van der Waals surface area contributed by atoms with E-state index in [1.165, 1.54) is 0 Å². The molecular weight excluding hydrogens is 188 g/mol. The van der Waals surface area contributed by atoms with Gasteiger partial charge >= 0.3 is 6.03 Å². The minimum Gasteiger partial charge on any atom is -0.381 e. The second-order valence-corrected chi connectivity index (χ2v) is 3.41. The molecule has 0 aromatic heterocycles. The van der Waals surface area contributed by atoms with E-state index in [2.05, 4.69) is 10.6 Å². The number of barbiturate groups is 1. The van der Waals surface area contributed by atoms with Gasteiger partial charge in [0.1, 0.15) is 5.92 Å². The highest BCUT2D eigenvalue weighted by molar-refractivity contribution is 6.16. The van der Waals surface area contributed by atoms with Gasteiger partial charge in [0.2, 0.25) is 11.8 Å². The lowest BCUT2D eigenvalue weighted by molar-refractivity contribution is -0.138. The van der Waals surface area contributed by atoms with Crippen molar-refractivity contribution in [2.45, 2.75) is 6.42 Å². The summed E-state index contributed by atoms with van der Waals surface area (Å²) in [4.78, 5) is 33.5. The van der Waals surface area contributed by atoms with Crippen LogP contribution >= 0.6 is 0 Å². The topological polar surface area (TPSA) is 84.5 Å². The molecule has 14 heavy (non-hydrogen) atoms. The Balaban J connectivity index is 2.12. The fraction of sp³-hybridized carbons (Fsp3) is 0.625. The quantitative estimate of drug-likeness (QED) is 0.529. The first-order valence-electron chi connectivity index (χ1n) is 4.42. The Morgan fingerprint density at radius 3 is 2.29 bits per heavy atom. The highest BCUT2D eigenvalue weighted by atomic mass is 16.5. The van der Waals surface area contributed by atoms with E-state index in [4.69, 9.17) is 4.74 Å². The molecule has 2 aliphatic heterocycles. The number of amides is 4. The SMILES string of the molecule is O=C1NC(=O)C(C2CCOC2)C(=O)N1. The molecule has 0 spiro atoms. The zero-order valence-electron chi connectivity index (χ0n) is 7.41. The largest absolute Gasteiger partial charge is 0.381 e. The van der Waals surface area contributed by atoms with Crippen LogP contribution in [0.3, 0.4) is 0 Å². The molecule has 0 aromatic carbocycles. The molecule has 6 heteroatoms. The van der Waals surface area contributed by atoms with Gasteiger partial charge in [-0.2, -0.15) is 0 Å². The summed E-state index contributed by atoms with van der Waals surface area (Å²) < 4.78 is 5.09. The zero-order chi connectivity index (χ0) is 10.1. The van der Waals surface area contributed by atoms with E-state index >= 15 is 0 Å². The molecule has 0 saturated carbocycles. The third-order valence-electron chi connectivity index (χ3n) is 2.47. The monoisotopic (exact) mass is 198 g/mol. The zero-order valence-corrected chi connectivity index (χ0v) is 7.41. The lowest BCUT2D eigenvalue weighted by Crippen LogP contribution is -2.57. The summed E-state index contributed by atoms with van der Waals surface area (Å²) in [5, 5.41) is 4.14. The standard InChI is InChI=1S/C8H10N2O4/c11-6-5(4-1-2-14-3-4)7(12)10-8(13)9-6/h4-5H,1-3H2,(H2,9,10,11,12,13). The van der Waals surface area contributed by atoms with Crippen LogP contribution in [0, 0.1) is 11.8 Å². The van der Waals surface area contributed by atoms with Crippen LogP contribution < -0.4 is 10.6 Å². The molecule has 6 nitrogen and oxygen atoms in total. The lowest BCUT2D eigenvalue weighted by Gasteiger charge is -2.24. The Hall–Kier alpha value is -1.43. The summed E-state index contributed by atoms with van der Waals surface area (Å²) in [5.41, 5.74) is 0. The van der Waals surface area contributed by atoms with Gasteiger partial charge < -0.3 is 4.74 Å². The van der Waals surface area contributed by atoms with E-state index in [0.29, 0.717) is 19.6 Å². The molecule has 76 valence electrons. The summed E-state index contributed by atoms with van der Waals surface area (Å²) in [7, 11) is 0. The molecule has 0 aliphatic carbocycles. The number of hydrogen-bond acceptors (Lipinski definition) is 4. The van der Waals surface area contributed by atoms with E-state index in [-0.39, 0.29) is 5.92 Å². The Kier molecular flexibility index (Phi) is 2.20. The normalized spacial score (nSPS) is 28.9. The fourth-order valence-corrected chi connectivity index (χ4v) is 1.77. The first-order valence-corrected chi connectivity index (χ1v) is 4.42. The fourth-order valence-electron chi connectivity index (χ4n) is 1.77. The Bertz CT molecular complexity index is 276. The average Bonchev–Trinajstić information content (AvgIpc) is 2.54. The van der Waals surface area contributed by atoms with Crippen LogP contribution in [0.1, 0.15) is 6.42 Å². The van der Waals surface area contributed by atoms with Crippen LogP contribution in [0.4, 0.5) is 4.79 Å². The highest BCUT2D eigenvalue weighted by Gasteiger charge is 2.41. The van der Waals surface area contributed by atoms with Gasteiger partial charge in [-0.25, -0.2) is 4.79 Å². The van der Waals surface area contributed by atoms with Gasteiger partial charge in [-0.3, -0.25) is 20.2 Å². The Morgan fingerprint density at radius 1 is 1.14 bits per heavy atom. The van der Waals surface area contributed by atoms with E-state index in [1.807, 2.05) is 0 Å². The van der Waals surface area contributed by atoms with E-state index < -0.39 is 23.8 Å². The second-order valence-electron chi connectivity index (χ2n) is 3.41. The van der Waals surface area contributed by atoms with Crippen molar-refractivity contribution in [3.63, 3.8) is 0 Å². The molecule has 2 N–H and O–H groups in total. The number of ether oxygens (including phenoxy) is 1. The van der Waals surface area contributed by atoms with Gasteiger partial charge in [0.15, 0.2) is 0 Å². The smallest absolute Gasteiger partial charge is 0.328 e. The average molecular weight is 198 g/mol. The van der Waals surface area contributed by atoms with E-state index in [1.54, 1.807) is 0 Å². The lowest BCUT2D eigenvalue weighted by atomic mass is 9.89. The number of rotatable bonds is 1. The summed E-state index contributed by atoms with van der Waals surface area (Å²) in [6.07, 6.45) is 0.680. The molecule has 0 aromatic rings. The van der Waals surface area contributed by atoms with Crippen LogP contribution in [-0.4, -0.2) is 31.1 Å². The van der Waals surface area contributed by atoms with Crippen LogP contribution in [-0.2, 0) is 14.3 Å². The molecule has 1 atom stereocenters. The molecule has 2 heterocycles. The van der Waals surface area contributed by atoms with E-state index in [0.717, 1.165) is 0 Å². The van der Waals surface area contributed by atoms with E-state index in [9.17, 15) is 14.4 Å². The molecule has 2 saturated heterocycles. The van der Waals surface area contributed by atoms with Gasteiger partial charge in [0, 0.05) is 12.5 Å². The first-order chi connectivity index (χ1) is 6.68. The van der Waals surface area contributed by atoms with Crippen molar-refractivity contribution in [2.75, 3.05) is 13.2 Å². The van der Waals surface area contributed by atoms with Crippen LogP contribution in [0.15, 0.2) is 0 Å². The number of urea groups is 1. The Morgan fingerprint density at radius 2 is 1.79 bits per heavy atom. The molecule has 0 radical (unpaired) electrons. The predicted octanol–water partition coefficient (Wildman–Crippen LogP) is -0.995. The van der Waals surface area contributed by atoms with Gasteiger partial charge in [0.05, 0.1) is 6.61 Å². The number of nitrogens with one attached hydrogen (secondary N) is 2. The van der Waals surface area contributed by atoms with Crippen molar-refractivity contribution in [2.24, 2.45) is 11.8 Å². The van der Waals surface area contributed by atoms with Gasteiger partial charge in [0.25, 0.3) is 0 Å². The van der Waals surface area contributed by atoms with Crippen molar-refractivity contribution in [1.29, 1.82) is 0 Å². The van der Waals surface area contributed by atoms with Gasteiger partial charge in [-0.1, -0.05) is 0 Å². The predicted molar refractivity (Wildman–Crippen MR) is 44.1 cm³/mol. The maximum atomic E-state index is 11.4. The first kappa shape index (κ1) is 9.14. The number of carbonyl (C=O) groups is 3. The summed E-state index contributed by atoms with van der Waals surface area (Å²) in [6, 6.07) is -0.741. The minimum atomic E-state index is -0.782. The molecule has 1 unspecified atom stereocenters. The Labute approximate surface area is 80.0 Å². The molecule has 2 fully saturated rings. The molecule has 2 rings (SSSR count). The number of hydrogen-bond donors (Lipinski definition) is 2. The van der Waals surface area contributed by atoms with Crippen LogP contribution in [0.25, 0.3) is 0 Å². The third kappa shape index (κ3) is 1.48. The maximum absolute atomic E-state index is 11.4. The van der Waals surface area contributed by atoms with Crippen LogP contribution in [0.5, 0.6) is 0 Å². The van der Waals surface area contributed by atoms with Crippen molar-refractivity contribution in [1.82, 2.24) is 10.6 Å². The van der Waals surface area contributed by atoms with Crippen molar-refractivity contribution in [3.8, 4) is 0 Å². The minimum absolute atomic E-state index is 0.108. The van der Waals surface area contributed by atoms with Gasteiger partial charge in [-0.05, 0) is 6.42 Å².